The molecular weight excluding hydrogens is 278 g/mol. The van der Waals surface area contributed by atoms with Crippen molar-refractivity contribution < 1.29 is 14.6 Å². The first kappa shape index (κ1) is 18.2. The monoisotopic (exact) mass is 303 g/mol. The van der Waals surface area contributed by atoms with Gasteiger partial charge in [0.15, 0.2) is 0 Å². The van der Waals surface area contributed by atoms with Crippen molar-refractivity contribution in [3.8, 4) is 5.75 Å². The lowest BCUT2D eigenvalue weighted by molar-refractivity contribution is 0.139. The molecule has 0 aliphatic carbocycles. The molecule has 0 amide bonds. The Morgan fingerprint density at radius 1 is 1.32 bits per heavy atom. The maximum absolute atomic E-state index is 9.69. The molecule has 0 aliphatic heterocycles. The molecule has 0 bridgehead atoms. The van der Waals surface area contributed by atoms with Crippen LogP contribution in [0.1, 0.15) is 18.1 Å². The third kappa shape index (κ3) is 6.72. The highest BCUT2D eigenvalue weighted by molar-refractivity contribution is 5.30. The van der Waals surface area contributed by atoms with E-state index in [9.17, 15) is 5.11 Å². The highest BCUT2D eigenvalue weighted by atomic mass is 16.5. The minimum Gasteiger partial charge on any atom is -0.493 e. The summed E-state index contributed by atoms with van der Waals surface area (Å²) in [5.74, 6) is 0.725. The molecule has 0 aliphatic rings. The van der Waals surface area contributed by atoms with Crippen LogP contribution in [0, 0.1) is 0 Å². The van der Waals surface area contributed by atoms with Crippen molar-refractivity contribution in [2.24, 2.45) is 5.73 Å². The van der Waals surface area contributed by atoms with Crippen molar-refractivity contribution in [3.63, 3.8) is 0 Å². The van der Waals surface area contributed by atoms with Crippen molar-refractivity contribution in [2.45, 2.75) is 12.5 Å². The summed E-state index contributed by atoms with van der Waals surface area (Å²) in [6.45, 7) is 9.23. The van der Waals surface area contributed by atoms with Crippen molar-refractivity contribution in [2.75, 3.05) is 26.4 Å². The Balaban J connectivity index is 2.26. The van der Waals surface area contributed by atoms with Crippen LogP contribution >= 0.6 is 0 Å². The molecule has 4 heteroatoms. The third-order valence-electron chi connectivity index (χ3n) is 3.03. The van der Waals surface area contributed by atoms with E-state index in [0.29, 0.717) is 19.8 Å². The van der Waals surface area contributed by atoms with Gasteiger partial charge in [-0.25, -0.2) is 0 Å². The summed E-state index contributed by atoms with van der Waals surface area (Å²) in [5.41, 5.74) is 7.21. The van der Waals surface area contributed by atoms with E-state index < -0.39 is 6.10 Å². The van der Waals surface area contributed by atoms with Crippen molar-refractivity contribution in [3.05, 3.63) is 66.8 Å². The van der Waals surface area contributed by atoms with Crippen LogP contribution in [-0.2, 0) is 4.74 Å². The Bertz CT molecular complexity index is 497. The smallest absolute Gasteiger partial charge is 0.119 e. The van der Waals surface area contributed by atoms with Gasteiger partial charge in [-0.3, -0.25) is 0 Å². The molecular formula is C18H25NO3. The van der Waals surface area contributed by atoms with Gasteiger partial charge in [0, 0.05) is 13.0 Å². The van der Waals surface area contributed by atoms with E-state index in [-0.39, 0.29) is 6.54 Å². The largest absolute Gasteiger partial charge is 0.493 e. The Hall–Kier alpha value is -1.88. The Kier molecular flexibility index (Phi) is 8.91. The van der Waals surface area contributed by atoms with Crippen molar-refractivity contribution >= 4 is 0 Å². The molecule has 1 aromatic carbocycles. The Morgan fingerprint density at radius 3 is 2.82 bits per heavy atom. The van der Waals surface area contributed by atoms with Gasteiger partial charge in [-0.15, -0.1) is 0 Å². The molecule has 0 radical (unpaired) electrons. The molecule has 1 unspecified atom stereocenters. The first-order valence-electron chi connectivity index (χ1n) is 7.34. The molecule has 1 aromatic rings. The molecule has 1 atom stereocenters. The highest BCUT2D eigenvalue weighted by Gasteiger charge is 2.05. The maximum Gasteiger partial charge on any atom is 0.119 e. The van der Waals surface area contributed by atoms with Gasteiger partial charge in [-0.1, -0.05) is 43.5 Å². The van der Waals surface area contributed by atoms with Crippen molar-refractivity contribution in [1.29, 1.82) is 0 Å². The SMILES string of the molecule is C=CC=C(C=C)COCCCOc1cccc(C(O)CN)c1. The topological polar surface area (TPSA) is 64.7 Å². The summed E-state index contributed by atoms with van der Waals surface area (Å²) in [6.07, 6.45) is 5.47. The standard InChI is InChI=1S/C18H25NO3/c1-3-7-15(4-2)14-21-10-6-11-22-17-9-5-8-16(12-17)18(20)13-19/h3-5,7-9,12,18,20H,1-2,6,10-11,13-14,19H2. The molecule has 0 heterocycles. The third-order valence-corrected chi connectivity index (χ3v) is 3.03. The molecule has 0 saturated carbocycles. The molecule has 120 valence electrons. The fourth-order valence-corrected chi connectivity index (χ4v) is 1.82. The Labute approximate surface area is 132 Å². The van der Waals surface area contributed by atoms with Gasteiger partial charge in [0.25, 0.3) is 0 Å². The van der Waals surface area contributed by atoms with Crippen LogP contribution in [-0.4, -0.2) is 31.5 Å². The number of nitrogens with two attached hydrogens (primary N) is 1. The first-order valence-corrected chi connectivity index (χ1v) is 7.34. The summed E-state index contributed by atoms with van der Waals surface area (Å²) in [4.78, 5) is 0. The number of ether oxygens (including phenoxy) is 2. The number of rotatable bonds is 11. The van der Waals surface area contributed by atoms with E-state index in [2.05, 4.69) is 13.2 Å². The van der Waals surface area contributed by atoms with E-state index in [0.717, 1.165) is 23.3 Å². The van der Waals surface area contributed by atoms with E-state index in [1.54, 1.807) is 18.2 Å². The number of allylic oxidation sites excluding steroid dienone is 2. The molecule has 4 nitrogen and oxygen atoms in total. The van der Waals surface area contributed by atoms with Crippen molar-refractivity contribution in [1.82, 2.24) is 0 Å². The summed E-state index contributed by atoms with van der Waals surface area (Å²) < 4.78 is 11.2. The molecule has 1 rings (SSSR count). The molecule has 22 heavy (non-hydrogen) atoms. The number of hydrogen-bond acceptors (Lipinski definition) is 4. The zero-order valence-electron chi connectivity index (χ0n) is 12.9. The summed E-state index contributed by atoms with van der Waals surface area (Å²) in [7, 11) is 0. The van der Waals surface area contributed by atoms with Crippen LogP contribution in [0.25, 0.3) is 0 Å². The average Bonchev–Trinajstić information content (AvgIpc) is 2.56. The zero-order chi connectivity index (χ0) is 16.2. The molecule has 0 aromatic heterocycles. The van der Waals surface area contributed by atoms with Gasteiger partial charge in [0.05, 0.1) is 25.9 Å². The van der Waals surface area contributed by atoms with Crippen LogP contribution in [0.3, 0.4) is 0 Å². The van der Waals surface area contributed by atoms with Gasteiger partial charge in [-0.05, 0) is 23.3 Å². The minimum atomic E-state index is -0.652. The number of hydrogen-bond donors (Lipinski definition) is 2. The summed E-state index contributed by atoms with van der Waals surface area (Å²) >= 11 is 0. The molecule has 0 fully saturated rings. The van der Waals surface area contributed by atoms with Crippen LogP contribution in [0.2, 0.25) is 0 Å². The predicted octanol–water partition coefficient (Wildman–Crippen LogP) is 2.76. The van der Waals surface area contributed by atoms with Gasteiger partial charge >= 0.3 is 0 Å². The zero-order valence-corrected chi connectivity index (χ0v) is 12.9. The normalized spacial score (nSPS) is 12.7. The van der Waals surface area contributed by atoms with Gasteiger partial charge in [0.1, 0.15) is 5.75 Å². The molecule has 0 spiro atoms. The molecule has 0 saturated heterocycles. The summed E-state index contributed by atoms with van der Waals surface area (Å²) in [6, 6.07) is 7.34. The lowest BCUT2D eigenvalue weighted by atomic mass is 10.1. The van der Waals surface area contributed by atoms with Gasteiger partial charge in [0.2, 0.25) is 0 Å². The maximum atomic E-state index is 9.69. The quantitative estimate of drug-likeness (QED) is 0.487. The second-order valence-corrected chi connectivity index (χ2v) is 4.76. The van der Waals surface area contributed by atoms with E-state index >= 15 is 0 Å². The second kappa shape index (κ2) is 10.8. The van der Waals surface area contributed by atoms with Gasteiger partial charge in [-0.2, -0.15) is 0 Å². The Morgan fingerprint density at radius 2 is 2.14 bits per heavy atom. The van der Waals surface area contributed by atoms with E-state index in [1.165, 1.54) is 0 Å². The molecule has 3 N–H and O–H groups in total. The number of aliphatic hydroxyl groups excluding tert-OH is 1. The second-order valence-electron chi connectivity index (χ2n) is 4.76. The lowest BCUT2D eigenvalue weighted by Gasteiger charge is -2.11. The summed E-state index contributed by atoms with van der Waals surface area (Å²) in [5, 5.41) is 9.69. The van der Waals surface area contributed by atoms with Crippen LogP contribution in [0.15, 0.2) is 61.2 Å². The number of aliphatic hydroxyl groups is 1. The van der Waals surface area contributed by atoms with Gasteiger partial charge < -0.3 is 20.3 Å². The van der Waals surface area contributed by atoms with E-state index in [4.69, 9.17) is 15.2 Å². The fourth-order valence-electron chi connectivity index (χ4n) is 1.82. The first-order chi connectivity index (χ1) is 10.7. The lowest BCUT2D eigenvalue weighted by Crippen LogP contribution is -2.11. The highest BCUT2D eigenvalue weighted by Crippen LogP contribution is 2.18. The van der Waals surface area contributed by atoms with Crippen LogP contribution in [0.4, 0.5) is 0 Å². The van der Waals surface area contributed by atoms with Crippen LogP contribution < -0.4 is 10.5 Å². The van der Waals surface area contributed by atoms with Crippen LogP contribution in [0.5, 0.6) is 5.75 Å². The fraction of sp³-hybridized carbons (Fsp3) is 0.333. The van der Waals surface area contributed by atoms with E-state index in [1.807, 2.05) is 24.3 Å². The minimum absolute atomic E-state index is 0.196. The number of benzene rings is 1. The average molecular weight is 303 g/mol. The predicted molar refractivity (Wildman–Crippen MR) is 89.9 cm³/mol.